The second-order valence-corrected chi connectivity index (χ2v) is 4.34. The fourth-order valence-corrected chi connectivity index (χ4v) is 1.65. The number of hydrogen-bond donors (Lipinski definition) is 3. The molecular formula is C14H20N2O3. The molecule has 1 aromatic heterocycles. The lowest BCUT2D eigenvalue weighted by atomic mass is 10.0. The van der Waals surface area contributed by atoms with Gasteiger partial charge in [-0.2, -0.15) is 0 Å². The van der Waals surface area contributed by atoms with Crippen molar-refractivity contribution in [2.75, 3.05) is 13.2 Å². The zero-order valence-corrected chi connectivity index (χ0v) is 11.0. The number of carbonyl (C=O) groups excluding carboxylic acids is 1. The van der Waals surface area contributed by atoms with Crippen molar-refractivity contribution in [1.82, 2.24) is 10.3 Å². The Morgan fingerprint density at radius 2 is 2.32 bits per heavy atom. The molecule has 0 aliphatic carbocycles. The van der Waals surface area contributed by atoms with E-state index in [9.17, 15) is 9.90 Å². The van der Waals surface area contributed by atoms with E-state index in [1.165, 1.54) is 18.3 Å². The Balaban J connectivity index is 2.42. The lowest BCUT2D eigenvalue weighted by Crippen LogP contribution is -2.28. The minimum Gasteiger partial charge on any atom is -0.506 e. The number of amides is 1. The van der Waals surface area contributed by atoms with Crippen molar-refractivity contribution in [2.45, 2.75) is 19.8 Å². The lowest BCUT2D eigenvalue weighted by Gasteiger charge is -2.13. The highest BCUT2D eigenvalue weighted by Gasteiger charge is 2.06. The third-order valence-corrected chi connectivity index (χ3v) is 2.85. The highest BCUT2D eigenvalue weighted by Crippen LogP contribution is 2.09. The Morgan fingerprint density at radius 1 is 1.53 bits per heavy atom. The number of hydrogen-bond acceptors (Lipinski definition) is 4. The molecule has 5 heteroatoms. The van der Waals surface area contributed by atoms with Crippen LogP contribution >= 0.6 is 0 Å². The topological polar surface area (TPSA) is 82.5 Å². The monoisotopic (exact) mass is 264 g/mol. The van der Waals surface area contributed by atoms with Crippen molar-refractivity contribution in [3.05, 3.63) is 30.1 Å². The molecule has 19 heavy (non-hydrogen) atoms. The number of aliphatic hydroxyl groups excluding tert-OH is 1. The van der Waals surface area contributed by atoms with Crippen LogP contribution in [0.5, 0.6) is 5.75 Å². The van der Waals surface area contributed by atoms with Crippen LogP contribution in [-0.4, -0.2) is 34.3 Å². The summed E-state index contributed by atoms with van der Waals surface area (Å²) in [6.45, 7) is 2.72. The van der Waals surface area contributed by atoms with Crippen LogP contribution in [0.1, 0.15) is 25.3 Å². The number of pyridine rings is 1. The van der Waals surface area contributed by atoms with Gasteiger partial charge in [0.25, 0.3) is 0 Å². The molecule has 0 saturated heterocycles. The van der Waals surface area contributed by atoms with E-state index >= 15 is 0 Å². The van der Waals surface area contributed by atoms with E-state index in [-0.39, 0.29) is 18.3 Å². The Labute approximate surface area is 113 Å². The molecule has 1 aromatic rings. The molecule has 0 aliphatic rings. The van der Waals surface area contributed by atoms with Gasteiger partial charge in [-0.3, -0.25) is 9.78 Å². The molecule has 0 radical (unpaired) electrons. The van der Waals surface area contributed by atoms with Crippen molar-refractivity contribution in [1.29, 1.82) is 0 Å². The molecule has 104 valence electrons. The fourth-order valence-electron chi connectivity index (χ4n) is 1.65. The molecule has 0 aliphatic heterocycles. The van der Waals surface area contributed by atoms with Crippen LogP contribution < -0.4 is 5.32 Å². The number of carbonyl (C=O) groups is 1. The molecule has 0 bridgehead atoms. The number of aromatic hydroxyl groups is 1. The summed E-state index contributed by atoms with van der Waals surface area (Å²) in [6, 6.07) is 1.53. The van der Waals surface area contributed by atoms with E-state index in [1.54, 1.807) is 12.3 Å². The maximum absolute atomic E-state index is 11.6. The average molecular weight is 264 g/mol. The summed E-state index contributed by atoms with van der Waals surface area (Å²) in [5.41, 5.74) is 0.664. The smallest absolute Gasteiger partial charge is 0.244 e. The van der Waals surface area contributed by atoms with Gasteiger partial charge in [0.15, 0.2) is 0 Å². The second kappa shape index (κ2) is 8.26. The third kappa shape index (κ3) is 6.01. The predicted molar refractivity (Wildman–Crippen MR) is 73.4 cm³/mol. The first-order valence-corrected chi connectivity index (χ1v) is 6.36. The van der Waals surface area contributed by atoms with Crippen LogP contribution in [0, 0.1) is 5.92 Å². The first-order valence-electron chi connectivity index (χ1n) is 6.36. The SMILES string of the molecule is CCC(CCO)CNC(=O)/C=C/c1cncc(O)c1. The Hall–Kier alpha value is -1.88. The fraction of sp³-hybridized carbons (Fsp3) is 0.429. The first kappa shape index (κ1) is 15.2. The van der Waals surface area contributed by atoms with E-state index in [1.807, 2.05) is 6.92 Å². The Kier molecular flexibility index (Phi) is 6.60. The van der Waals surface area contributed by atoms with E-state index < -0.39 is 0 Å². The van der Waals surface area contributed by atoms with Crippen molar-refractivity contribution in [3.8, 4) is 5.75 Å². The molecule has 1 amide bonds. The summed E-state index contributed by atoms with van der Waals surface area (Å²) in [7, 11) is 0. The lowest BCUT2D eigenvalue weighted by molar-refractivity contribution is -0.116. The molecule has 1 atom stereocenters. The van der Waals surface area contributed by atoms with Gasteiger partial charge < -0.3 is 15.5 Å². The number of nitrogens with zero attached hydrogens (tertiary/aromatic N) is 1. The van der Waals surface area contributed by atoms with Crippen molar-refractivity contribution in [3.63, 3.8) is 0 Å². The van der Waals surface area contributed by atoms with Gasteiger partial charge in [0.1, 0.15) is 5.75 Å². The van der Waals surface area contributed by atoms with Crippen LogP contribution in [0.25, 0.3) is 6.08 Å². The van der Waals surface area contributed by atoms with Crippen LogP contribution in [0.15, 0.2) is 24.5 Å². The van der Waals surface area contributed by atoms with Gasteiger partial charge >= 0.3 is 0 Å². The van der Waals surface area contributed by atoms with Gasteiger partial charge in [0.2, 0.25) is 5.91 Å². The largest absolute Gasteiger partial charge is 0.506 e. The van der Waals surface area contributed by atoms with Crippen molar-refractivity contribution in [2.24, 2.45) is 5.92 Å². The van der Waals surface area contributed by atoms with E-state index in [0.29, 0.717) is 24.4 Å². The zero-order chi connectivity index (χ0) is 14.1. The maximum atomic E-state index is 11.6. The second-order valence-electron chi connectivity index (χ2n) is 4.34. The van der Waals surface area contributed by atoms with E-state index in [4.69, 9.17) is 5.11 Å². The predicted octanol–water partition coefficient (Wildman–Crippen LogP) is 1.33. The summed E-state index contributed by atoms with van der Waals surface area (Å²) in [4.78, 5) is 15.4. The quantitative estimate of drug-likeness (QED) is 0.649. The number of aromatic nitrogens is 1. The highest BCUT2D eigenvalue weighted by atomic mass is 16.3. The van der Waals surface area contributed by atoms with Gasteiger partial charge in [-0.25, -0.2) is 0 Å². The Bertz CT molecular complexity index is 432. The Morgan fingerprint density at radius 3 is 2.95 bits per heavy atom. The summed E-state index contributed by atoms with van der Waals surface area (Å²) < 4.78 is 0. The number of aliphatic hydroxyl groups is 1. The molecule has 1 heterocycles. The zero-order valence-electron chi connectivity index (χ0n) is 11.0. The minimum atomic E-state index is -0.195. The summed E-state index contributed by atoms with van der Waals surface area (Å²) in [5.74, 6) is 0.168. The van der Waals surface area contributed by atoms with Gasteiger partial charge in [-0.1, -0.05) is 13.3 Å². The van der Waals surface area contributed by atoms with Crippen molar-refractivity contribution >= 4 is 12.0 Å². The van der Waals surface area contributed by atoms with Crippen LogP contribution in [-0.2, 0) is 4.79 Å². The molecule has 0 spiro atoms. The van der Waals surface area contributed by atoms with Crippen molar-refractivity contribution < 1.29 is 15.0 Å². The molecule has 3 N–H and O–H groups in total. The molecule has 0 aromatic carbocycles. The number of nitrogens with one attached hydrogen (secondary N) is 1. The van der Waals surface area contributed by atoms with Crippen LogP contribution in [0.4, 0.5) is 0 Å². The standard InChI is InChI=1S/C14H20N2O3/c1-2-11(5-6-17)9-16-14(19)4-3-12-7-13(18)10-15-8-12/h3-4,7-8,10-11,17-18H,2,5-6,9H2,1H3,(H,16,19)/b4-3+. The van der Waals surface area contributed by atoms with Gasteiger partial charge in [0, 0.05) is 25.4 Å². The van der Waals surface area contributed by atoms with E-state index in [0.717, 1.165) is 6.42 Å². The maximum Gasteiger partial charge on any atom is 0.244 e. The van der Waals surface area contributed by atoms with Gasteiger partial charge in [-0.15, -0.1) is 0 Å². The molecule has 0 saturated carbocycles. The first-order chi connectivity index (χ1) is 9.15. The van der Waals surface area contributed by atoms with Crippen LogP contribution in [0.2, 0.25) is 0 Å². The molecule has 5 nitrogen and oxygen atoms in total. The average Bonchev–Trinajstić information content (AvgIpc) is 2.41. The van der Waals surface area contributed by atoms with Gasteiger partial charge in [0.05, 0.1) is 6.20 Å². The normalized spacial score (nSPS) is 12.5. The highest BCUT2D eigenvalue weighted by molar-refractivity contribution is 5.91. The molecular weight excluding hydrogens is 244 g/mol. The molecule has 1 unspecified atom stereocenters. The van der Waals surface area contributed by atoms with Gasteiger partial charge in [-0.05, 0) is 30.0 Å². The number of rotatable bonds is 7. The summed E-state index contributed by atoms with van der Waals surface area (Å²) >= 11 is 0. The summed E-state index contributed by atoms with van der Waals surface area (Å²) in [6.07, 6.45) is 7.50. The third-order valence-electron chi connectivity index (χ3n) is 2.85. The molecule has 0 fully saturated rings. The van der Waals surface area contributed by atoms with E-state index in [2.05, 4.69) is 10.3 Å². The molecule has 1 rings (SSSR count). The summed E-state index contributed by atoms with van der Waals surface area (Å²) in [5, 5.41) is 20.9. The van der Waals surface area contributed by atoms with Crippen LogP contribution in [0.3, 0.4) is 0 Å². The minimum absolute atomic E-state index is 0.0663.